The molecule has 0 spiro atoms. The zero-order chi connectivity index (χ0) is 9.26. The molecule has 1 unspecified atom stereocenters. The van der Waals surface area contributed by atoms with Gasteiger partial charge in [-0.05, 0) is 18.0 Å². The van der Waals surface area contributed by atoms with Crippen LogP contribution in [0.1, 0.15) is 17.9 Å². The summed E-state index contributed by atoms with van der Waals surface area (Å²) in [6.07, 6.45) is 2.65. The quantitative estimate of drug-likeness (QED) is 0.536. The highest BCUT2D eigenvalue weighted by Gasteiger charge is 2.21. The molecule has 1 aliphatic rings. The van der Waals surface area contributed by atoms with Crippen molar-refractivity contribution in [2.24, 2.45) is 0 Å². The van der Waals surface area contributed by atoms with Gasteiger partial charge < -0.3 is 4.74 Å². The molecule has 5 heteroatoms. The molecule has 0 aromatic carbocycles. The molecular weight excluding hydrogens is 211 g/mol. The molecule has 2 rings (SSSR count). The lowest BCUT2D eigenvalue weighted by Gasteiger charge is -2.08. The molecule has 0 N–H and O–H groups in total. The monoisotopic (exact) mass is 218 g/mol. The second-order valence-corrected chi connectivity index (χ2v) is 3.64. The van der Waals surface area contributed by atoms with Crippen LogP contribution in [-0.4, -0.2) is 23.2 Å². The predicted octanol–water partition coefficient (Wildman–Crippen LogP) is 2.29. The highest BCUT2D eigenvalue weighted by molar-refractivity contribution is 6.32. The zero-order valence-corrected chi connectivity index (χ0v) is 8.35. The van der Waals surface area contributed by atoms with Gasteiger partial charge in [-0.3, -0.25) is 0 Å². The van der Waals surface area contributed by atoms with Gasteiger partial charge >= 0.3 is 0 Å². The molecule has 13 heavy (non-hydrogen) atoms. The van der Waals surface area contributed by atoms with Crippen molar-refractivity contribution in [2.45, 2.75) is 12.3 Å². The predicted molar refractivity (Wildman–Crippen MR) is 50.2 cm³/mol. The highest BCUT2D eigenvalue weighted by Crippen LogP contribution is 2.29. The van der Waals surface area contributed by atoms with E-state index < -0.39 is 0 Å². The maximum absolute atomic E-state index is 5.92. The van der Waals surface area contributed by atoms with Gasteiger partial charge in [0.1, 0.15) is 5.15 Å². The number of ether oxygens (including phenoxy) is 1. The van der Waals surface area contributed by atoms with Gasteiger partial charge in [-0.1, -0.05) is 11.6 Å². The van der Waals surface area contributed by atoms with Crippen LogP contribution in [0, 0.1) is 0 Å². The second kappa shape index (κ2) is 3.78. The molecule has 0 amide bonds. The van der Waals surface area contributed by atoms with Crippen LogP contribution in [0.25, 0.3) is 0 Å². The normalized spacial score (nSPS) is 22.2. The number of aromatic nitrogens is 2. The van der Waals surface area contributed by atoms with Gasteiger partial charge in [0.05, 0.1) is 6.61 Å². The Morgan fingerprint density at radius 1 is 1.46 bits per heavy atom. The van der Waals surface area contributed by atoms with Crippen molar-refractivity contribution in [2.75, 3.05) is 13.2 Å². The maximum Gasteiger partial charge on any atom is 0.223 e. The van der Waals surface area contributed by atoms with E-state index in [1.165, 1.54) is 0 Å². The summed E-state index contributed by atoms with van der Waals surface area (Å²) in [4.78, 5) is 7.78. The molecule has 2 heterocycles. The lowest BCUT2D eigenvalue weighted by atomic mass is 10.0. The Morgan fingerprint density at radius 3 is 2.92 bits per heavy atom. The molecule has 70 valence electrons. The topological polar surface area (TPSA) is 35.0 Å². The Labute approximate surface area is 86.0 Å². The van der Waals surface area contributed by atoms with E-state index in [2.05, 4.69) is 9.97 Å². The average molecular weight is 219 g/mol. The Hall–Kier alpha value is -0.380. The molecule has 0 aliphatic carbocycles. The number of halogens is 2. The first-order valence-corrected chi connectivity index (χ1v) is 4.78. The van der Waals surface area contributed by atoms with Crippen molar-refractivity contribution in [3.8, 4) is 0 Å². The summed E-state index contributed by atoms with van der Waals surface area (Å²) in [5.41, 5.74) is 0.934. The van der Waals surface area contributed by atoms with Gasteiger partial charge in [-0.15, -0.1) is 0 Å². The van der Waals surface area contributed by atoms with Crippen molar-refractivity contribution in [3.05, 3.63) is 22.2 Å². The summed E-state index contributed by atoms with van der Waals surface area (Å²) in [5, 5.41) is 0.628. The molecular formula is C8H8Cl2N2O. The van der Waals surface area contributed by atoms with E-state index in [-0.39, 0.29) is 5.28 Å². The Bertz CT molecular complexity index is 313. The molecule has 0 radical (unpaired) electrons. The van der Waals surface area contributed by atoms with E-state index in [9.17, 15) is 0 Å². The second-order valence-electron chi connectivity index (χ2n) is 2.95. The molecule has 1 aromatic rings. The van der Waals surface area contributed by atoms with E-state index >= 15 is 0 Å². The molecule has 1 aromatic heterocycles. The van der Waals surface area contributed by atoms with Crippen LogP contribution >= 0.6 is 23.2 Å². The molecule has 0 bridgehead atoms. The number of hydrogen-bond acceptors (Lipinski definition) is 3. The Morgan fingerprint density at radius 2 is 2.31 bits per heavy atom. The number of rotatable bonds is 1. The smallest absolute Gasteiger partial charge is 0.223 e. The number of nitrogens with zero attached hydrogens (tertiary/aromatic N) is 2. The van der Waals surface area contributed by atoms with Crippen LogP contribution in [0.15, 0.2) is 6.20 Å². The van der Waals surface area contributed by atoms with Gasteiger partial charge in [0.15, 0.2) is 0 Å². The first kappa shape index (κ1) is 9.19. The summed E-state index contributed by atoms with van der Waals surface area (Å²) >= 11 is 11.5. The van der Waals surface area contributed by atoms with Gasteiger partial charge in [0, 0.05) is 24.3 Å². The van der Waals surface area contributed by atoms with Crippen LogP contribution in [0.4, 0.5) is 0 Å². The maximum atomic E-state index is 5.92. The van der Waals surface area contributed by atoms with Crippen LogP contribution in [0.2, 0.25) is 10.4 Å². The molecule has 1 atom stereocenters. The van der Waals surface area contributed by atoms with E-state index in [0.717, 1.165) is 18.6 Å². The van der Waals surface area contributed by atoms with Crippen molar-refractivity contribution in [3.63, 3.8) is 0 Å². The fourth-order valence-electron chi connectivity index (χ4n) is 1.40. The summed E-state index contributed by atoms with van der Waals surface area (Å²) < 4.78 is 5.25. The van der Waals surface area contributed by atoms with Gasteiger partial charge in [0.25, 0.3) is 0 Å². The zero-order valence-electron chi connectivity index (χ0n) is 6.83. The molecule has 3 nitrogen and oxygen atoms in total. The minimum absolute atomic E-state index is 0.188. The third kappa shape index (κ3) is 1.93. The van der Waals surface area contributed by atoms with E-state index in [1.54, 1.807) is 6.20 Å². The van der Waals surface area contributed by atoms with Crippen molar-refractivity contribution in [1.82, 2.24) is 9.97 Å². The lowest BCUT2D eigenvalue weighted by Crippen LogP contribution is -2.01. The minimum Gasteiger partial charge on any atom is -0.381 e. The van der Waals surface area contributed by atoms with E-state index in [0.29, 0.717) is 17.7 Å². The first-order valence-electron chi connectivity index (χ1n) is 4.03. The molecule has 1 saturated heterocycles. The third-order valence-electron chi connectivity index (χ3n) is 2.11. The van der Waals surface area contributed by atoms with Crippen LogP contribution in [0.3, 0.4) is 0 Å². The molecule has 1 aliphatic heterocycles. The van der Waals surface area contributed by atoms with Crippen molar-refractivity contribution in [1.29, 1.82) is 0 Å². The van der Waals surface area contributed by atoms with Crippen molar-refractivity contribution < 1.29 is 4.74 Å². The van der Waals surface area contributed by atoms with Gasteiger partial charge in [-0.25, -0.2) is 9.97 Å². The SMILES string of the molecule is Clc1ncc(C2CCOC2)c(Cl)n1. The van der Waals surface area contributed by atoms with Crippen molar-refractivity contribution >= 4 is 23.2 Å². The van der Waals surface area contributed by atoms with Crippen LogP contribution < -0.4 is 0 Å². The standard InChI is InChI=1S/C8H8Cl2N2O/c9-7-6(3-11-8(10)12-7)5-1-2-13-4-5/h3,5H,1-2,4H2. The highest BCUT2D eigenvalue weighted by atomic mass is 35.5. The summed E-state index contributed by atoms with van der Waals surface area (Å²) in [7, 11) is 0. The Kier molecular flexibility index (Phi) is 2.67. The average Bonchev–Trinajstić information content (AvgIpc) is 2.56. The minimum atomic E-state index is 0.188. The number of hydrogen-bond donors (Lipinski definition) is 0. The van der Waals surface area contributed by atoms with Gasteiger partial charge in [-0.2, -0.15) is 0 Å². The fraction of sp³-hybridized carbons (Fsp3) is 0.500. The Balaban J connectivity index is 2.29. The van der Waals surface area contributed by atoms with Crippen LogP contribution in [-0.2, 0) is 4.74 Å². The third-order valence-corrected chi connectivity index (χ3v) is 2.59. The molecule has 1 fully saturated rings. The lowest BCUT2D eigenvalue weighted by molar-refractivity contribution is 0.194. The summed E-state index contributed by atoms with van der Waals surface area (Å²) in [5.74, 6) is 0.324. The largest absolute Gasteiger partial charge is 0.381 e. The van der Waals surface area contributed by atoms with Gasteiger partial charge in [0.2, 0.25) is 5.28 Å². The fourth-order valence-corrected chi connectivity index (χ4v) is 1.86. The van der Waals surface area contributed by atoms with E-state index in [1.807, 2.05) is 0 Å². The first-order chi connectivity index (χ1) is 6.27. The molecule has 0 saturated carbocycles. The summed E-state index contributed by atoms with van der Waals surface area (Å²) in [6.45, 7) is 1.48. The van der Waals surface area contributed by atoms with Crippen LogP contribution in [0.5, 0.6) is 0 Å². The van der Waals surface area contributed by atoms with E-state index in [4.69, 9.17) is 27.9 Å². The summed E-state index contributed by atoms with van der Waals surface area (Å²) in [6, 6.07) is 0.